The van der Waals surface area contributed by atoms with Crippen molar-refractivity contribution in [1.29, 1.82) is 0 Å². The smallest absolute Gasteiger partial charge is 0.243 e. The average molecular weight is 431 g/mol. The van der Waals surface area contributed by atoms with Gasteiger partial charge in [-0.3, -0.25) is 4.79 Å². The van der Waals surface area contributed by atoms with Crippen molar-refractivity contribution in [3.8, 4) is 0 Å². The predicted octanol–water partition coefficient (Wildman–Crippen LogP) is 1.09. The Kier molecular flexibility index (Phi) is 7.09. The van der Waals surface area contributed by atoms with Crippen LogP contribution < -0.4 is 10.6 Å². The molecule has 2 saturated heterocycles. The summed E-state index contributed by atoms with van der Waals surface area (Å²) in [7, 11) is 3.49. The SMILES string of the molecule is CN(C)C(=O)CN=C(NCC1COC2(CCOCC2)O1)NC1CCc2ccccc2C1. The summed E-state index contributed by atoms with van der Waals surface area (Å²) in [6, 6.07) is 8.87. The Morgan fingerprint density at radius 1 is 1.23 bits per heavy atom. The third kappa shape index (κ3) is 5.75. The van der Waals surface area contributed by atoms with Gasteiger partial charge < -0.3 is 29.7 Å². The second-order valence-electron chi connectivity index (χ2n) is 8.76. The number of guanidine groups is 1. The first-order valence-electron chi connectivity index (χ1n) is 11.2. The molecule has 31 heavy (non-hydrogen) atoms. The molecule has 1 spiro atoms. The van der Waals surface area contributed by atoms with Crippen molar-refractivity contribution in [3.05, 3.63) is 35.4 Å². The summed E-state index contributed by atoms with van der Waals surface area (Å²) < 4.78 is 17.6. The predicted molar refractivity (Wildman–Crippen MR) is 118 cm³/mol. The van der Waals surface area contributed by atoms with Gasteiger partial charge in [-0.2, -0.15) is 0 Å². The van der Waals surface area contributed by atoms with Crippen LogP contribution in [0.1, 0.15) is 30.4 Å². The Balaban J connectivity index is 1.35. The molecule has 0 bridgehead atoms. The number of amides is 1. The van der Waals surface area contributed by atoms with Gasteiger partial charge in [-0.25, -0.2) is 4.99 Å². The molecule has 1 amide bonds. The zero-order valence-corrected chi connectivity index (χ0v) is 18.6. The molecule has 2 N–H and O–H groups in total. The van der Waals surface area contributed by atoms with Gasteiger partial charge in [0.15, 0.2) is 11.7 Å². The van der Waals surface area contributed by atoms with Crippen LogP contribution in [0.15, 0.2) is 29.3 Å². The van der Waals surface area contributed by atoms with Gasteiger partial charge in [0.25, 0.3) is 0 Å². The molecule has 1 aromatic rings. The van der Waals surface area contributed by atoms with E-state index < -0.39 is 5.79 Å². The van der Waals surface area contributed by atoms with Crippen LogP contribution in [0.5, 0.6) is 0 Å². The second kappa shape index (κ2) is 9.97. The maximum absolute atomic E-state index is 12.1. The molecule has 4 rings (SSSR count). The fourth-order valence-electron chi connectivity index (χ4n) is 4.33. The Morgan fingerprint density at radius 3 is 2.77 bits per heavy atom. The lowest BCUT2D eigenvalue weighted by atomic mass is 9.88. The van der Waals surface area contributed by atoms with E-state index in [1.165, 1.54) is 11.1 Å². The quantitative estimate of drug-likeness (QED) is 0.537. The topological polar surface area (TPSA) is 84.4 Å². The molecule has 1 aliphatic carbocycles. The first kappa shape index (κ1) is 22.0. The van der Waals surface area contributed by atoms with E-state index in [-0.39, 0.29) is 24.6 Å². The lowest BCUT2D eigenvalue weighted by molar-refractivity contribution is -0.210. The standard InChI is InChI=1S/C23H34N4O4/c1-27(2)21(28)15-25-22(26-19-8-7-17-5-3-4-6-18(17)13-19)24-14-20-16-30-23(31-20)9-11-29-12-10-23/h3-6,19-20H,7-16H2,1-2H3,(H2,24,25,26). The number of benzene rings is 1. The largest absolute Gasteiger partial charge is 0.381 e. The number of nitrogens with one attached hydrogen (secondary N) is 2. The summed E-state index contributed by atoms with van der Waals surface area (Å²) in [4.78, 5) is 18.2. The van der Waals surface area contributed by atoms with Crippen LogP contribution in [0, 0.1) is 0 Å². The molecule has 170 valence electrons. The molecule has 2 fully saturated rings. The fourth-order valence-corrected chi connectivity index (χ4v) is 4.33. The molecule has 0 radical (unpaired) electrons. The van der Waals surface area contributed by atoms with E-state index in [2.05, 4.69) is 39.9 Å². The lowest BCUT2D eigenvalue weighted by Gasteiger charge is -2.32. The highest BCUT2D eigenvalue weighted by atomic mass is 16.7. The van der Waals surface area contributed by atoms with Crippen molar-refractivity contribution in [2.45, 2.75) is 50.0 Å². The van der Waals surface area contributed by atoms with E-state index in [4.69, 9.17) is 14.2 Å². The molecule has 2 aliphatic heterocycles. The first-order chi connectivity index (χ1) is 15.0. The van der Waals surface area contributed by atoms with Crippen molar-refractivity contribution in [1.82, 2.24) is 15.5 Å². The van der Waals surface area contributed by atoms with Crippen LogP contribution >= 0.6 is 0 Å². The summed E-state index contributed by atoms with van der Waals surface area (Å²) in [5.41, 5.74) is 2.80. The van der Waals surface area contributed by atoms with Gasteiger partial charge in [0.1, 0.15) is 12.6 Å². The summed E-state index contributed by atoms with van der Waals surface area (Å²) in [5, 5.41) is 6.92. The minimum atomic E-state index is -0.497. The molecule has 2 unspecified atom stereocenters. The van der Waals surface area contributed by atoms with E-state index in [0.717, 1.165) is 32.1 Å². The van der Waals surface area contributed by atoms with Crippen molar-refractivity contribution in [2.75, 3.05) is 47.0 Å². The average Bonchev–Trinajstić information content (AvgIpc) is 3.17. The number of hydrogen-bond acceptors (Lipinski definition) is 5. The van der Waals surface area contributed by atoms with Gasteiger partial charge in [-0.1, -0.05) is 24.3 Å². The number of fused-ring (bicyclic) bond motifs is 1. The van der Waals surface area contributed by atoms with Gasteiger partial charge in [0.2, 0.25) is 5.91 Å². The number of aryl methyl sites for hydroxylation is 1. The number of aliphatic imine (C=N–C) groups is 1. The van der Waals surface area contributed by atoms with E-state index in [0.29, 0.717) is 32.3 Å². The number of carbonyl (C=O) groups excluding carboxylic acids is 1. The maximum Gasteiger partial charge on any atom is 0.243 e. The van der Waals surface area contributed by atoms with Crippen LogP contribution in [0.2, 0.25) is 0 Å². The molecular weight excluding hydrogens is 396 g/mol. The Bertz CT molecular complexity index is 792. The summed E-state index contributed by atoms with van der Waals surface area (Å²) in [6.07, 6.45) is 4.50. The Labute approximate surface area is 184 Å². The summed E-state index contributed by atoms with van der Waals surface area (Å²) in [6.45, 7) is 2.57. The normalized spacial score (nSPS) is 25.2. The monoisotopic (exact) mass is 430 g/mol. The third-order valence-corrected chi connectivity index (χ3v) is 6.22. The van der Waals surface area contributed by atoms with Crippen molar-refractivity contribution in [2.24, 2.45) is 4.99 Å². The van der Waals surface area contributed by atoms with Gasteiger partial charge in [-0.15, -0.1) is 0 Å². The highest BCUT2D eigenvalue weighted by Crippen LogP contribution is 2.33. The minimum Gasteiger partial charge on any atom is -0.381 e. The van der Waals surface area contributed by atoms with Crippen LogP contribution in [-0.2, 0) is 31.8 Å². The number of carbonyl (C=O) groups is 1. The molecule has 0 saturated carbocycles. The minimum absolute atomic E-state index is 0.0308. The van der Waals surface area contributed by atoms with Crippen LogP contribution in [0.4, 0.5) is 0 Å². The number of likely N-dealkylation sites (N-methyl/N-ethyl adjacent to an activating group) is 1. The number of hydrogen-bond donors (Lipinski definition) is 2. The molecule has 1 aromatic carbocycles. The molecule has 8 nitrogen and oxygen atoms in total. The van der Waals surface area contributed by atoms with Gasteiger partial charge >= 0.3 is 0 Å². The number of ether oxygens (including phenoxy) is 3. The van der Waals surface area contributed by atoms with Gasteiger partial charge in [0.05, 0.1) is 19.8 Å². The molecule has 3 aliphatic rings. The zero-order valence-electron chi connectivity index (χ0n) is 18.6. The molecular formula is C23H34N4O4. The van der Waals surface area contributed by atoms with Crippen molar-refractivity contribution < 1.29 is 19.0 Å². The van der Waals surface area contributed by atoms with Crippen molar-refractivity contribution >= 4 is 11.9 Å². The lowest BCUT2D eigenvalue weighted by Crippen LogP contribution is -2.48. The highest BCUT2D eigenvalue weighted by molar-refractivity contribution is 5.85. The van der Waals surface area contributed by atoms with E-state index in [1.807, 2.05) is 0 Å². The third-order valence-electron chi connectivity index (χ3n) is 6.22. The zero-order chi connectivity index (χ0) is 21.7. The van der Waals surface area contributed by atoms with E-state index >= 15 is 0 Å². The van der Waals surface area contributed by atoms with Crippen LogP contribution in [0.25, 0.3) is 0 Å². The second-order valence-corrected chi connectivity index (χ2v) is 8.76. The maximum atomic E-state index is 12.1. The molecule has 0 aromatic heterocycles. The van der Waals surface area contributed by atoms with E-state index in [1.54, 1.807) is 19.0 Å². The van der Waals surface area contributed by atoms with Gasteiger partial charge in [0, 0.05) is 39.5 Å². The summed E-state index contributed by atoms with van der Waals surface area (Å²) in [5.74, 6) is 0.122. The Morgan fingerprint density at radius 2 is 2.00 bits per heavy atom. The van der Waals surface area contributed by atoms with E-state index in [9.17, 15) is 4.79 Å². The number of nitrogens with zero attached hydrogens (tertiary/aromatic N) is 2. The van der Waals surface area contributed by atoms with Gasteiger partial charge in [-0.05, 0) is 30.4 Å². The van der Waals surface area contributed by atoms with Crippen molar-refractivity contribution in [3.63, 3.8) is 0 Å². The Hall–Kier alpha value is -2.16. The first-order valence-corrected chi connectivity index (χ1v) is 11.2. The molecule has 8 heteroatoms. The molecule has 2 heterocycles. The summed E-state index contributed by atoms with van der Waals surface area (Å²) >= 11 is 0. The number of rotatable bonds is 5. The van der Waals surface area contributed by atoms with Crippen LogP contribution in [-0.4, -0.2) is 81.7 Å². The molecule has 2 atom stereocenters. The van der Waals surface area contributed by atoms with Crippen LogP contribution in [0.3, 0.4) is 0 Å². The fraction of sp³-hybridized carbons (Fsp3) is 0.652. The highest BCUT2D eigenvalue weighted by Gasteiger charge is 2.42.